The maximum Gasteiger partial charge on any atom is 0.0984 e. The number of nitrogens with one attached hydrogen (secondary N) is 1. The highest BCUT2D eigenvalue weighted by Gasteiger charge is 2.03. The fourth-order valence-corrected chi connectivity index (χ4v) is 1.31. The number of aromatic nitrogens is 1. The summed E-state index contributed by atoms with van der Waals surface area (Å²) in [6, 6.07) is 3.91. The van der Waals surface area contributed by atoms with Gasteiger partial charge in [-0.25, -0.2) is 4.83 Å². The Kier molecular flexibility index (Phi) is 1.32. The first-order valence-corrected chi connectivity index (χ1v) is 3.68. The van der Waals surface area contributed by atoms with E-state index in [0.717, 1.165) is 10.6 Å². The van der Waals surface area contributed by atoms with Crippen molar-refractivity contribution in [2.45, 2.75) is 4.90 Å². The molecule has 10 heavy (non-hydrogen) atoms. The predicted molar refractivity (Wildman–Crippen MR) is 40.8 cm³/mol. The summed E-state index contributed by atoms with van der Waals surface area (Å²) >= 11 is 1.48. The summed E-state index contributed by atoms with van der Waals surface area (Å²) in [6.45, 7) is 0. The highest BCUT2D eigenvalue weighted by atomic mass is 32.2. The molecule has 1 N–H and O–H groups in total. The summed E-state index contributed by atoms with van der Waals surface area (Å²) in [4.78, 5) is 8.02. The van der Waals surface area contributed by atoms with E-state index in [9.17, 15) is 0 Å². The molecule has 0 atom stereocenters. The summed E-state index contributed by atoms with van der Waals surface area (Å²) < 4.78 is 0. The molecule has 0 bridgehead atoms. The summed E-state index contributed by atoms with van der Waals surface area (Å²) in [5.74, 6) is 0. The standard InChI is InChI=1S/C6H5N3S/c1-2-6-5(7-3-1)4-8-9-10-6/h1-4,9H. The Bertz CT molecular complexity index is 271. The minimum absolute atomic E-state index is 0.936. The van der Waals surface area contributed by atoms with Crippen molar-refractivity contribution in [2.24, 2.45) is 5.10 Å². The van der Waals surface area contributed by atoms with Gasteiger partial charge in [-0.15, -0.1) is 0 Å². The molecule has 1 aliphatic heterocycles. The molecule has 1 aliphatic rings. The van der Waals surface area contributed by atoms with Crippen LogP contribution in [0.2, 0.25) is 0 Å². The summed E-state index contributed by atoms with van der Waals surface area (Å²) in [5, 5.41) is 3.84. The molecule has 1 aromatic heterocycles. The van der Waals surface area contributed by atoms with Crippen LogP contribution in [0.5, 0.6) is 0 Å². The number of hydrogen-bond donors (Lipinski definition) is 1. The number of fused-ring (bicyclic) bond motifs is 1. The lowest BCUT2D eigenvalue weighted by Gasteiger charge is -2.06. The number of pyridine rings is 1. The number of nitrogens with zero attached hydrogens (tertiary/aromatic N) is 2. The van der Waals surface area contributed by atoms with Crippen molar-refractivity contribution in [3.05, 3.63) is 24.0 Å². The molecular formula is C6H5N3S. The molecule has 0 spiro atoms. The van der Waals surface area contributed by atoms with Crippen LogP contribution in [0.4, 0.5) is 0 Å². The molecule has 50 valence electrons. The first kappa shape index (κ1) is 5.73. The van der Waals surface area contributed by atoms with Crippen LogP contribution < -0.4 is 4.83 Å². The second kappa shape index (κ2) is 2.30. The molecule has 0 fully saturated rings. The Morgan fingerprint density at radius 1 is 1.50 bits per heavy atom. The van der Waals surface area contributed by atoms with E-state index in [1.165, 1.54) is 11.9 Å². The van der Waals surface area contributed by atoms with E-state index >= 15 is 0 Å². The lowest BCUT2D eigenvalue weighted by molar-refractivity contribution is 1.07. The van der Waals surface area contributed by atoms with E-state index in [2.05, 4.69) is 14.9 Å². The van der Waals surface area contributed by atoms with E-state index < -0.39 is 0 Å². The fraction of sp³-hybridized carbons (Fsp3) is 0. The van der Waals surface area contributed by atoms with Crippen LogP contribution in [0.1, 0.15) is 5.69 Å². The van der Waals surface area contributed by atoms with Gasteiger partial charge in [0.1, 0.15) is 0 Å². The SMILES string of the molecule is C1=NNSc2cccnc21. The maximum atomic E-state index is 4.11. The molecule has 4 heteroatoms. The van der Waals surface area contributed by atoms with Crippen molar-refractivity contribution in [3.8, 4) is 0 Å². The van der Waals surface area contributed by atoms with E-state index in [-0.39, 0.29) is 0 Å². The Labute approximate surface area is 62.7 Å². The lowest BCUT2D eigenvalue weighted by Crippen LogP contribution is -2.03. The average molecular weight is 151 g/mol. The third-order valence-electron chi connectivity index (χ3n) is 1.19. The Morgan fingerprint density at radius 2 is 2.50 bits per heavy atom. The Morgan fingerprint density at radius 3 is 3.40 bits per heavy atom. The molecule has 0 aliphatic carbocycles. The molecule has 3 nitrogen and oxygen atoms in total. The van der Waals surface area contributed by atoms with Crippen molar-refractivity contribution in [1.29, 1.82) is 0 Å². The molecule has 0 unspecified atom stereocenters. The smallest absolute Gasteiger partial charge is 0.0984 e. The van der Waals surface area contributed by atoms with Crippen molar-refractivity contribution >= 4 is 18.2 Å². The van der Waals surface area contributed by atoms with Gasteiger partial charge in [-0.3, -0.25) is 4.98 Å². The monoisotopic (exact) mass is 151 g/mol. The molecule has 0 amide bonds. The third-order valence-corrected chi connectivity index (χ3v) is 1.96. The zero-order valence-corrected chi connectivity index (χ0v) is 5.93. The first-order valence-electron chi connectivity index (χ1n) is 2.87. The fourth-order valence-electron chi connectivity index (χ4n) is 0.749. The molecule has 0 radical (unpaired) electrons. The number of hydrazone groups is 1. The summed E-state index contributed by atoms with van der Waals surface area (Å²) in [6.07, 6.45) is 3.47. The van der Waals surface area contributed by atoms with Crippen LogP contribution in [0.15, 0.2) is 28.3 Å². The maximum absolute atomic E-state index is 4.11. The van der Waals surface area contributed by atoms with Gasteiger partial charge in [0.25, 0.3) is 0 Å². The minimum atomic E-state index is 0.936. The second-order valence-electron chi connectivity index (χ2n) is 1.84. The van der Waals surface area contributed by atoms with Crippen molar-refractivity contribution in [2.75, 3.05) is 0 Å². The van der Waals surface area contributed by atoms with Gasteiger partial charge < -0.3 is 0 Å². The van der Waals surface area contributed by atoms with Gasteiger partial charge in [0, 0.05) is 18.1 Å². The van der Waals surface area contributed by atoms with Crippen LogP contribution in [-0.2, 0) is 0 Å². The second-order valence-corrected chi connectivity index (χ2v) is 2.66. The first-order chi connectivity index (χ1) is 4.97. The normalized spacial score (nSPS) is 14.0. The molecule has 0 saturated heterocycles. The van der Waals surface area contributed by atoms with Gasteiger partial charge in [0.05, 0.1) is 16.8 Å². The van der Waals surface area contributed by atoms with E-state index in [0.29, 0.717) is 0 Å². The number of hydrogen-bond acceptors (Lipinski definition) is 4. The van der Waals surface area contributed by atoms with Gasteiger partial charge >= 0.3 is 0 Å². The van der Waals surface area contributed by atoms with Gasteiger partial charge in [0.2, 0.25) is 0 Å². The van der Waals surface area contributed by atoms with Crippen LogP contribution in [0.3, 0.4) is 0 Å². The van der Waals surface area contributed by atoms with Gasteiger partial charge in [-0.05, 0) is 12.1 Å². The van der Waals surface area contributed by atoms with Gasteiger partial charge in [-0.2, -0.15) is 5.10 Å². The zero-order chi connectivity index (χ0) is 6.81. The average Bonchev–Trinajstić information content (AvgIpc) is 2.05. The highest BCUT2D eigenvalue weighted by molar-refractivity contribution is 7.97. The molecule has 2 rings (SSSR count). The quantitative estimate of drug-likeness (QED) is 0.562. The van der Waals surface area contributed by atoms with Crippen LogP contribution in [0, 0.1) is 0 Å². The van der Waals surface area contributed by atoms with Crippen LogP contribution >= 0.6 is 11.9 Å². The molecule has 0 aromatic carbocycles. The minimum Gasteiger partial charge on any atom is -0.254 e. The Hall–Kier alpha value is -1.03. The molecule has 1 aromatic rings. The van der Waals surface area contributed by atoms with Crippen molar-refractivity contribution < 1.29 is 0 Å². The number of rotatable bonds is 0. The predicted octanol–water partition coefficient (Wildman–Crippen LogP) is 1.03. The van der Waals surface area contributed by atoms with Crippen molar-refractivity contribution in [3.63, 3.8) is 0 Å². The van der Waals surface area contributed by atoms with Gasteiger partial charge in [-0.1, -0.05) is 0 Å². The van der Waals surface area contributed by atoms with E-state index in [1.54, 1.807) is 12.4 Å². The van der Waals surface area contributed by atoms with Crippen molar-refractivity contribution in [1.82, 2.24) is 9.82 Å². The zero-order valence-electron chi connectivity index (χ0n) is 5.11. The topological polar surface area (TPSA) is 37.3 Å². The largest absolute Gasteiger partial charge is 0.254 e. The van der Waals surface area contributed by atoms with Crippen LogP contribution in [-0.4, -0.2) is 11.2 Å². The highest BCUT2D eigenvalue weighted by Crippen LogP contribution is 2.18. The summed E-state index contributed by atoms with van der Waals surface area (Å²) in [5.41, 5.74) is 0.936. The van der Waals surface area contributed by atoms with E-state index in [4.69, 9.17) is 0 Å². The Balaban J connectivity index is 2.54. The van der Waals surface area contributed by atoms with Crippen LogP contribution in [0.25, 0.3) is 0 Å². The lowest BCUT2D eigenvalue weighted by atomic mass is 10.4. The molecule has 0 saturated carbocycles. The molecular weight excluding hydrogens is 146 g/mol. The third kappa shape index (κ3) is 0.863. The van der Waals surface area contributed by atoms with E-state index in [1.807, 2.05) is 12.1 Å². The van der Waals surface area contributed by atoms with Gasteiger partial charge in [0.15, 0.2) is 0 Å². The summed E-state index contributed by atoms with van der Waals surface area (Å²) in [7, 11) is 0. The molecule has 2 heterocycles.